The summed E-state index contributed by atoms with van der Waals surface area (Å²) in [6.45, 7) is 2.37. The summed E-state index contributed by atoms with van der Waals surface area (Å²) in [6, 6.07) is 15.4. The molecule has 0 amide bonds. The molecule has 0 aromatic heterocycles. The van der Waals surface area contributed by atoms with Crippen LogP contribution in [0.3, 0.4) is 0 Å². The second-order valence-electron chi connectivity index (χ2n) is 7.51. The van der Waals surface area contributed by atoms with Gasteiger partial charge < -0.3 is 14.2 Å². The Morgan fingerprint density at radius 2 is 1.97 bits per heavy atom. The molecule has 8 nitrogen and oxygen atoms in total. The van der Waals surface area contributed by atoms with Crippen molar-refractivity contribution in [3.8, 4) is 11.5 Å². The summed E-state index contributed by atoms with van der Waals surface area (Å²) in [5, 5.41) is 11.1. The lowest BCUT2D eigenvalue weighted by molar-refractivity contribution is -0.384. The van der Waals surface area contributed by atoms with Crippen molar-refractivity contribution < 1.29 is 23.9 Å². The maximum absolute atomic E-state index is 12.4. The van der Waals surface area contributed by atoms with Gasteiger partial charge in [0.05, 0.1) is 16.5 Å². The number of aryl methyl sites for hydroxylation is 1. The van der Waals surface area contributed by atoms with Crippen LogP contribution in [-0.4, -0.2) is 23.9 Å². The average molecular weight is 558 g/mol. The topological polar surface area (TPSA) is 100 Å². The van der Waals surface area contributed by atoms with Gasteiger partial charge in [0.2, 0.25) is 5.90 Å². The molecule has 178 valence electrons. The van der Waals surface area contributed by atoms with Crippen molar-refractivity contribution in [1.29, 1.82) is 0 Å². The van der Waals surface area contributed by atoms with E-state index in [2.05, 4.69) is 20.9 Å². The van der Waals surface area contributed by atoms with E-state index in [9.17, 15) is 14.9 Å². The second kappa shape index (κ2) is 10.3. The molecule has 0 spiro atoms. The van der Waals surface area contributed by atoms with E-state index in [1.165, 1.54) is 31.4 Å². The highest BCUT2D eigenvalue weighted by Crippen LogP contribution is 2.38. The highest BCUT2D eigenvalue weighted by molar-refractivity contribution is 9.10. The van der Waals surface area contributed by atoms with E-state index in [-0.39, 0.29) is 27.9 Å². The molecule has 35 heavy (non-hydrogen) atoms. The number of nitrogens with zero attached hydrogens (tertiary/aromatic N) is 2. The molecule has 0 fully saturated rings. The van der Waals surface area contributed by atoms with Gasteiger partial charge in [-0.1, -0.05) is 35.9 Å². The highest BCUT2D eigenvalue weighted by Gasteiger charge is 2.26. The molecule has 0 atom stereocenters. The molecule has 0 aliphatic carbocycles. The van der Waals surface area contributed by atoms with Crippen LogP contribution in [0.2, 0.25) is 5.02 Å². The molecular formula is C25H18BrClN2O6. The van der Waals surface area contributed by atoms with E-state index in [4.69, 9.17) is 25.8 Å². The van der Waals surface area contributed by atoms with E-state index in [1.54, 1.807) is 12.1 Å². The molecule has 0 saturated heterocycles. The maximum Gasteiger partial charge on any atom is 0.363 e. The molecule has 0 saturated carbocycles. The number of benzene rings is 3. The number of carbonyl (C=O) groups is 1. The Bertz CT molecular complexity index is 1400. The Balaban J connectivity index is 1.61. The van der Waals surface area contributed by atoms with Gasteiger partial charge >= 0.3 is 5.97 Å². The molecular weight excluding hydrogens is 540 g/mol. The summed E-state index contributed by atoms with van der Waals surface area (Å²) in [4.78, 5) is 27.2. The van der Waals surface area contributed by atoms with Crippen LogP contribution in [0.1, 0.15) is 22.3 Å². The minimum Gasteiger partial charge on any atom is -0.493 e. The van der Waals surface area contributed by atoms with E-state index in [1.807, 2.05) is 31.2 Å². The lowest BCUT2D eigenvalue weighted by Crippen LogP contribution is -2.06. The summed E-state index contributed by atoms with van der Waals surface area (Å²) in [6.07, 6.45) is 1.53. The van der Waals surface area contributed by atoms with Gasteiger partial charge in [-0.05, 0) is 69.9 Å². The van der Waals surface area contributed by atoms with E-state index < -0.39 is 10.9 Å². The van der Waals surface area contributed by atoms with Crippen LogP contribution < -0.4 is 9.47 Å². The van der Waals surface area contributed by atoms with Gasteiger partial charge in [-0.25, -0.2) is 9.79 Å². The molecule has 0 radical (unpaired) electrons. The number of hydrogen-bond donors (Lipinski definition) is 0. The normalized spacial score (nSPS) is 14.0. The van der Waals surface area contributed by atoms with Crippen molar-refractivity contribution in [2.45, 2.75) is 13.5 Å². The predicted molar refractivity (Wildman–Crippen MR) is 135 cm³/mol. The molecule has 3 aromatic carbocycles. The number of ether oxygens (including phenoxy) is 3. The van der Waals surface area contributed by atoms with Crippen molar-refractivity contribution in [3.63, 3.8) is 0 Å². The van der Waals surface area contributed by atoms with E-state index >= 15 is 0 Å². The van der Waals surface area contributed by atoms with Gasteiger partial charge in [-0.3, -0.25) is 10.1 Å². The second-order valence-corrected chi connectivity index (χ2v) is 8.77. The minimum absolute atomic E-state index is 0.0267. The summed E-state index contributed by atoms with van der Waals surface area (Å²) in [5.74, 6) is 0.242. The number of esters is 1. The average Bonchev–Trinajstić information content (AvgIpc) is 3.19. The number of carbonyl (C=O) groups excluding carboxylic acids is 1. The van der Waals surface area contributed by atoms with Crippen LogP contribution in [0.25, 0.3) is 6.08 Å². The predicted octanol–water partition coefficient (Wildman–Crippen LogP) is 6.25. The van der Waals surface area contributed by atoms with Gasteiger partial charge in [-0.15, -0.1) is 0 Å². The Kier molecular flexibility index (Phi) is 7.18. The van der Waals surface area contributed by atoms with Gasteiger partial charge in [0.25, 0.3) is 5.69 Å². The molecule has 0 bridgehead atoms. The smallest absolute Gasteiger partial charge is 0.363 e. The molecule has 0 unspecified atom stereocenters. The number of cyclic esters (lactones) is 1. The third-order valence-electron chi connectivity index (χ3n) is 5.20. The quantitative estimate of drug-likeness (QED) is 0.147. The maximum atomic E-state index is 12.4. The third-order valence-corrected chi connectivity index (χ3v) is 6.11. The highest BCUT2D eigenvalue weighted by atomic mass is 79.9. The fourth-order valence-corrected chi connectivity index (χ4v) is 4.12. The summed E-state index contributed by atoms with van der Waals surface area (Å²) >= 11 is 9.37. The largest absolute Gasteiger partial charge is 0.493 e. The summed E-state index contributed by atoms with van der Waals surface area (Å²) in [5.41, 5.74) is 2.75. The van der Waals surface area contributed by atoms with Crippen molar-refractivity contribution in [3.05, 3.63) is 102 Å². The first kappa shape index (κ1) is 24.4. The van der Waals surface area contributed by atoms with Gasteiger partial charge in [0, 0.05) is 11.6 Å². The first-order valence-corrected chi connectivity index (χ1v) is 11.5. The summed E-state index contributed by atoms with van der Waals surface area (Å²) < 4.78 is 17.4. The van der Waals surface area contributed by atoms with E-state index in [0.29, 0.717) is 28.1 Å². The van der Waals surface area contributed by atoms with Gasteiger partial charge in [0.15, 0.2) is 17.2 Å². The number of nitro benzene ring substituents is 1. The van der Waals surface area contributed by atoms with Crippen LogP contribution in [-0.2, 0) is 16.1 Å². The molecule has 1 aliphatic rings. The van der Waals surface area contributed by atoms with Crippen molar-refractivity contribution in [1.82, 2.24) is 0 Å². The zero-order chi connectivity index (χ0) is 25.1. The van der Waals surface area contributed by atoms with Crippen molar-refractivity contribution in [2.24, 2.45) is 4.99 Å². The zero-order valence-corrected chi connectivity index (χ0v) is 20.9. The van der Waals surface area contributed by atoms with Crippen LogP contribution >= 0.6 is 27.5 Å². The fourth-order valence-electron chi connectivity index (χ4n) is 3.36. The molecule has 1 aliphatic heterocycles. The van der Waals surface area contributed by atoms with Crippen LogP contribution in [0.5, 0.6) is 11.5 Å². The molecule has 0 N–H and O–H groups in total. The first-order chi connectivity index (χ1) is 16.8. The SMILES string of the molecule is COc1cc(/C=C2\N=C(c3ccc(Cl)c([N+](=O)[O-])c3)OC2=O)cc(Br)c1OCc1ccccc1C. The summed E-state index contributed by atoms with van der Waals surface area (Å²) in [7, 11) is 1.52. The van der Waals surface area contributed by atoms with Crippen molar-refractivity contribution >= 4 is 51.2 Å². The third kappa shape index (κ3) is 5.36. The number of nitro groups is 1. The Labute approximate surface area is 214 Å². The van der Waals surface area contributed by atoms with Crippen LogP contribution in [0.4, 0.5) is 5.69 Å². The first-order valence-electron chi connectivity index (χ1n) is 10.3. The number of methoxy groups -OCH3 is 1. The monoisotopic (exact) mass is 556 g/mol. The van der Waals surface area contributed by atoms with Crippen molar-refractivity contribution in [2.75, 3.05) is 7.11 Å². The van der Waals surface area contributed by atoms with Crippen LogP contribution in [0, 0.1) is 17.0 Å². The molecule has 4 rings (SSSR count). The Hall–Kier alpha value is -3.69. The standard InChI is InChI=1S/C25H18BrClN2O6/c1-14-5-3-4-6-17(14)13-34-23-18(26)9-15(11-22(23)33-2)10-20-25(30)35-24(28-20)16-7-8-19(27)21(12-16)29(31)32/h3-12H,13H2,1-2H3/b20-10-. The van der Waals surface area contributed by atoms with Crippen LogP contribution in [0.15, 0.2) is 69.8 Å². The zero-order valence-electron chi connectivity index (χ0n) is 18.6. The lowest BCUT2D eigenvalue weighted by atomic mass is 10.1. The molecule has 3 aromatic rings. The molecule has 10 heteroatoms. The fraction of sp³-hybridized carbons (Fsp3) is 0.120. The Morgan fingerprint density at radius 1 is 1.20 bits per heavy atom. The Morgan fingerprint density at radius 3 is 2.69 bits per heavy atom. The number of rotatable bonds is 7. The van der Waals surface area contributed by atoms with E-state index in [0.717, 1.165) is 11.1 Å². The number of aliphatic imine (C=N–C) groups is 1. The number of hydrogen-bond acceptors (Lipinski definition) is 7. The van der Waals surface area contributed by atoms with Gasteiger partial charge in [0.1, 0.15) is 11.6 Å². The number of halogens is 2. The lowest BCUT2D eigenvalue weighted by Gasteiger charge is -2.14. The van der Waals surface area contributed by atoms with Gasteiger partial charge in [-0.2, -0.15) is 0 Å². The minimum atomic E-state index is -0.687. The molecule has 1 heterocycles.